The summed E-state index contributed by atoms with van der Waals surface area (Å²) < 4.78 is 35.1. The zero-order chi connectivity index (χ0) is 26.3. The van der Waals surface area contributed by atoms with E-state index in [1.54, 1.807) is 26.8 Å². The lowest BCUT2D eigenvalue weighted by molar-refractivity contribution is -0.144. The van der Waals surface area contributed by atoms with Gasteiger partial charge in [0.05, 0.1) is 19.1 Å². The van der Waals surface area contributed by atoms with Gasteiger partial charge in [-0.1, -0.05) is 29.8 Å². The number of aryl methyl sites for hydroxylation is 1. The number of rotatable bonds is 10. The van der Waals surface area contributed by atoms with Gasteiger partial charge in [0.1, 0.15) is 11.6 Å². The highest BCUT2D eigenvalue weighted by molar-refractivity contribution is 9.10. The van der Waals surface area contributed by atoms with Crippen LogP contribution in [0.5, 0.6) is 0 Å². The zero-order valence-electron chi connectivity index (χ0n) is 19.9. The van der Waals surface area contributed by atoms with Crippen LogP contribution in [0.15, 0.2) is 39.7 Å². The van der Waals surface area contributed by atoms with E-state index in [0.717, 1.165) is 6.07 Å². The maximum Gasteiger partial charge on any atom is 0.308 e. The number of amides is 2. The van der Waals surface area contributed by atoms with Crippen molar-refractivity contribution in [3.8, 4) is 0 Å². The Balaban J connectivity index is 2.38. The van der Waals surface area contributed by atoms with E-state index in [1.807, 2.05) is 0 Å². The predicted octanol–water partition coefficient (Wildman–Crippen LogP) is 3.84. The average molecular weight is 556 g/mol. The van der Waals surface area contributed by atoms with E-state index in [1.165, 1.54) is 29.9 Å². The van der Waals surface area contributed by atoms with Crippen molar-refractivity contribution in [3.63, 3.8) is 0 Å². The van der Waals surface area contributed by atoms with Crippen molar-refractivity contribution in [2.24, 2.45) is 18.9 Å². The molecule has 8 nitrogen and oxygen atoms in total. The van der Waals surface area contributed by atoms with Crippen LogP contribution in [-0.2, 0) is 26.2 Å². The van der Waals surface area contributed by atoms with E-state index in [2.05, 4.69) is 26.6 Å². The van der Waals surface area contributed by atoms with Crippen LogP contribution in [-0.4, -0.2) is 29.0 Å². The van der Waals surface area contributed by atoms with Crippen LogP contribution < -0.4 is 16.2 Å². The number of carbonyl (C=O) groups is 3. The predicted molar refractivity (Wildman–Crippen MR) is 129 cm³/mol. The molecule has 11 heteroatoms. The van der Waals surface area contributed by atoms with Crippen molar-refractivity contribution in [1.29, 1.82) is 0 Å². The van der Waals surface area contributed by atoms with Gasteiger partial charge in [-0.3, -0.25) is 19.2 Å². The van der Waals surface area contributed by atoms with Gasteiger partial charge in [-0.25, -0.2) is 8.78 Å². The molecule has 2 aromatic rings. The third-order valence-electron chi connectivity index (χ3n) is 5.11. The lowest BCUT2D eigenvalue weighted by Crippen LogP contribution is -2.42. The van der Waals surface area contributed by atoms with Gasteiger partial charge in [0.2, 0.25) is 11.8 Å². The molecule has 0 bridgehead atoms. The van der Waals surface area contributed by atoms with E-state index in [9.17, 15) is 28.0 Å². The molecule has 0 fully saturated rings. The topological polar surface area (TPSA) is 106 Å². The van der Waals surface area contributed by atoms with Gasteiger partial charge in [-0.05, 0) is 43.5 Å². The molecule has 2 amide bonds. The first-order valence-corrected chi connectivity index (χ1v) is 11.8. The van der Waals surface area contributed by atoms with Gasteiger partial charge in [0, 0.05) is 23.3 Å². The normalized spacial score (nSPS) is 12.7. The fourth-order valence-electron chi connectivity index (χ4n) is 3.44. The Kier molecular flexibility index (Phi) is 10.1. The lowest BCUT2D eigenvalue weighted by atomic mass is 9.94. The minimum atomic E-state index is -1.30. The van der Waals surface area contributed by atoms with E-state index >= 15 is 0 Å². The summed E-state index contributed by atoms with van der Waals surface area (Å²) in [5.41, 5.74) is -0.750. The van der Waals surface area contributed by atoms with Crippen LogP contribution in [0.3, 0.4) is 0 Å². The molecule has 35 heavy (non-hydrogen) atoms. The van der Waals surface area contributed by atoms with Crippen molar-refractivity contribution < 1.29 is 27.9 Å². The van der Waals surface area contributed by atoms with Crippen molar-refractivity contribution in [2.45, 2.75) is 39.7 Å². The second-order valence-electron chi connectivity index (χ2n) is 8.37. The van der Waals surface area contributed by atoms with Gasteiger partial charge < -0.3 is 19.9 Å². The number of hydrogen-bond donors (Lipinski definition) is 2. The van der Waals surface area contributed by atoms with Crippen LogP contribution in [0.25, 0.3) is 0 Å². The highest BCUT2D eigenvalue weighted by atomic mass is 79.9. The second kappa shape index (κ2) is 12.6. The largest absolute Gasteiger partial charge is 0.466 e. The summed E-state index contributed by atoms with van der Waals surface area (Å²) in [6, 6.07) is 3.83. The fourth-order valence-corrected chi connectivity index (χ4v) is 3.89. The monoisotopic (exact) mass is 555 g/mol. The fraction of sp³-hybridized carbons (Fsp3) is 0.417. The van der Waals surface area contributed by atoms with Crippen molar-refractivity contribution in [1.82, 2.24) is 9.88 Å². The Morgan fingerprint density at radius 3 is 2.49 bits per heavy atom. The molecule has 0 aliphatic rings. The number of anilines is 1. The highest BCUT2D eigenvalue weighted by Gasteiger charge is 2.32. The van der Waals surface area contributed by atoms with Crippen molar-refractivity contribution in [3.05, 3.63) is 62.5 Å². The first kappa shape index (κ1) is 28.2. The number of hydrogen-bond acceptors (Lipinski definition) is 5. The van der Waals surface area contributed by atoms with Crippen LogP contribution in [0.1, 0.15) is 45.2 Å². The molecule has 190 valence electrons. The van der Waals surface area contributed by atoms with Gasteiger partial charge in [0.15, 0.2) is 11.6 Å². The number of ether oxygens (including phenoxy) is 1. The van der Waals surface area contributed by atoms with Crippen molar-refractivity contribution >= 4 is 39.4 Å². The summed E-state index contributed by atoms with van der Waals surface area (Å²) in [7, 11) is 1.52. The van der Waals surface area contributed by atoms with E-state index in [-0.39, 0.29) is 34.7 Å². The smallest absolute Gasteiger partial charge is 0.308 e. The number of nitrogens with zero attached hydrogens (tertiary/aromatic N) is 1. The van der Waals surface area contributed by atoms with E-state index in [4.69, 9.17) is 4.74 Å². The summed E-state index contributed by atoms with van der Waals surface area (Å²) in [4.78, 5) is 50.7. The third-order valence-corrected chi connectivity index (χ3v) is 5.57. The average Bonchev–Trinajstić information content (AvgIpc) is 2.77. The summed E-state index contributed by atoms with van der Waals surface area (Å²) in [5, 5.41) is 4.98. The summed E-state index contributed by atoms with van der Waals surface area (Å²) in [6.07, 6.45) is 1.13. The Hall–Kier alpha value is -3.08. The molecule has 0 unspecified atom stereocenters. The molecule has 1 aromatic carbocycles. The zero-order valence-corrected chi connectivity index (χ0v) is 21.4. The SMILES string of the molecule is CCOC(=O)C[C@H](NC(=O)[C@H](CC(C)C)C(=O)Nc1cccn(C)c1=O)c1cc(Br)cc(F)c1F. The molecule has 2 atom stereocenters. The second-order valence-corrected chi connectivity index (χ2v) is 9.29. The quantitative estimate of drug-likeness (QED) is 0.263. The summed E-state index contributed by atoms with van der Waals surface area (Å²) in [5.74, 6) is -6.07. The highest BCUT2D eigenvalue weighted by Crippen LogP contribution is 2.28. The number of carbonyl (C=O) groups excluding carboxylic acids is 3. The molecular formula is C24H28BrF2N3O5. The molecule has 1 aromatic heterocycles. The van der Waals surface area contributed by atoms with E-state index in [0.29, 0.717) is 0 Å². The third kappa shape index (κ3) is 7.71. The number of halogens is 3. The minimum Gasteiger partial charge on any atom is -0.466 e. The van der Waals surface area contributed by atoms with Crippen molar-refractivity contribution in [2.75, 3.05) is 11.9 Å². The number of benzene rings is 1. The van der Waals surface area contributed by atoms with Crippen LogP contribution >= 0.6 is 15.9 Å². The van der Waals surface area contributed by atoms with Gasteiger partial charge in [-0.15, -0.1) is 0 Å². The van der Waals surface area contributed by atoms with Gasteiger partial charge in [0.25, 0.3) is 5.56 Å². The molecular weight excluding hydrogens is 528 g/mol. The molecule has 0 aliphatic carbocycles. The molecule has 1 heterocycles. The number of aromatic nitrogens is 1. The molecule has 0 saturated heterocycles. The Morgan fingerprint density at radius 1 is 1.17 bits per heavy atom. The molecule has 0 radical (unpaired) electrons. The molecule has 0 aliphatic heterocycles. The van der Waals surface area contributed by atoms with E-state index < -0.39 is 53.4 Å². The van der Waals surface area contributed by atoms with Crippen LogP contribution in [0.2, 0.25) is 0 Å². The molecule has 0 spiro atoms. The molecule has 2 N–H and O–H groups in total. The maximum absolute atomic E-state index is 14.6. The summed E-state index contributed by atoms with van der Waals surface area (Å²) in [6.45, 7) is 5.24. The lowest BCUT2D eigenvalue weighted by Gasteiger charge is -2.24. The molecule has 2 rings (SSSR count). The minimum absolute atomic E-state index is 0.00950. The number of pyridine rings is 1. The first-order valence-electron chi connectivity index (χ1n) is 11.0. The Labute approximate surface area is 210 Å². The number of esters is 1. The standard InChI is InChI=1S/C24H28BrF2N3O5/c1-5-35-20(31)12-19(15-10-14(25)11-17(26)21(15)27)29-23(33)16(9-13(2)3)22(32)28-18-7-6-8-30(4)24(18)34/h6-8,10-11,13,16,19H,5,9,12H2,1-4H3,(H,28,32)(H,29,33)/t16-,19+/m1/s1. The summed E-state index contributed by atoms with van der Waals surface area (Å²) >= 11 is 3.08. The molecule has 0 saturated carbocycles. The van der Waals surface area contributed by atoms with Gasteiger partial charge in [-0.2, -0.15) is 0 Å². The van der Waals surface area contributed by atoms with Crippen LogP contribution in [0, 0.1) is 23.5 Å². The van der Waals surface area contributed by atoms with Gasteiger partial charge >= 0.3 is 5.97 Å². The Morgan fingerprint density at radius 2 is 1.86 bits per heavy atom. The maximum atomic E-state index is 14.6. The van der Waals surface area contributed by atoms with Crippen LogP contribution in [0.4, 0.5) is 14.5 Å². The Bertz CT molecular complexity index is 1150. The first-order chi connectivity index (χ1) is 16.4. The number of nitrogens with one attached hydrogen (secondary N) is 2.